The summed E-state index contributed by atoms with van der Waals surface area (Å²) in [5, 5.41) is 12.1. The van der Waals surface area contributed by atoms with Gasteiger partial charge in [0.1, 0.15) is 11.6 Å². The number of esters is 1. The van der Waals surface area contributed by atoms with Crippen LogP contribution >= 0.6 is 12.4 Å². The Bertz CT molecular complexity index is 582. The van der Waals surface area contributed by atoms with Crippen molar-refractivity contribution >= 4 is 18.4 Å². The van der Waals surface area contributed by atoms with E-state index in [-0.39, 0.29) is 18.4 Å². The standard InChI is InChI=1S/C17H29N5O2.ClH/c1-17(2,16(23)24-3)6-10-21-8-4-13(5-9-21)15-20-19-14-12-18-7-11-22(14)15;/h13,18H,4-12H2,1-3H3;1H. The van der Waals surface area contributed by atoms with Crippen LogP contribution in [0.2, 0.25) is 0 Å². The van der Waals surface area contributed by atoms with Gasteiger partial charge in [-0.25, -0.2) is 0 Å². The van der Waals surface area contributed by atoms with Gasteiger partial charge in [0.25, 0.3) is 0 Å². The molecule has 142 valence electrons. The van der Waals surface area contributed by atoms with E-state index in [1.807, 2.05) is 13.8 Å². The average molecular weight is 372 g/mol. The van der Waals surface area contributed by atoms with E-state index in [1.165, 1.54) is 12.9 Å². The zero-order valence-corrected chi connectivity index (χ0v) is 16.3. The second kappa shape index (κ2) is 8.47. The van der Waals surface area contributed by atoms with Gasteiger partial charge in [0, 0.05) is 19.0 Å². The molecule has 2 aliphatic rings. The molecule has 0 spiro atoms. The number of hydrogen-bond donors (Lipinski definition) is 1. The number of fused-ring (bicyclic) bond motifs is 1. The fourth-order valence-corrected chi connectivity index (χ4v) is 3.65. The fourth-order valence-electron chi connectivity index (χ4n) is 3.65. The number of ether oxygens (including phenoxy) is 1. The van der Waals surface area contributed by atoms with Gasteiger partial charge in [-0.05, 0) is 52.7 Å². The summed E-state index contributed by atoms with van der Waals surface area (Å²) >= 11 is 0. The van der Waals surface area contributed by atoms with E-state index in [2.05, 4.69) is 25.0 Å². The molecule has 0 aliphatic carbocycles. The van der Waals surface area contributed by atoms with Gasteiger partial charge in [0.15, 0.2) is 0 Å². The summed E-state index contributed by atoms with van der Waals surface area (Å²) in [7, 11) is 1.46. The van der Waals surface area contributed by atoms with Gasteiger partial charge >= 0.3 is 5.97 Å². The minimum atomic E-state index is -0.412. The first kappa shape index (κ1) is 20.1. The van der Waals surface area contributed by atoms with E-state index in [1.54, 1.807) is 0 Å². The van der Waals surface area contributed by atoms with Crippen molar-refractivity contribution in [3.8, 4) is 0 Å². The maximum absolute atomic E-state index is 11.8. The Labute approximate surface area is 155 Å². The number of hydrogen-bond acceptors (Lipinski definition) is 6. The zero-order chi connectivity index (χ0) is 17.2. The van der Waals surface area contributed by atoms with Gasteiger partial charge in [-0.2, -0.15) is 0 Å². The number of methoxy groups -OCH3 is 1. The number of rotatable bonds is 5. The van der Waals surface area contributed by atoms with Crippen LogP contribution in [0, 0.1) is 5.41 Å². The van der Waals surface area contributed by atoms with Crippen molar-refractivity contribution in [1.82, 2.24) is 25.0 Å². The lowest BCUT2D eigenvalue weighted by Gasteiger charge is -2.33. The molecule has 0 aromatic carbocycles. The molecule has 25 heavy (non-hydrogen) atoms. The number of likely N-dealkylation sites (tertiary alicyclic amines) is 1. The first-order valence-corrected chi connectivity index (χ1v) is 8.95. The van der Waals surface area contributed by atoms with Crippen LogP contribution in [0.15, 0.2) is 0 Å². The van der Waals surface area contributed by atoms with Crippen LogP contribution in [0.1, 0.15) is 50.7 Å². The zero-order valence-electron chi connectivity index (χ0n) is 15.5. The summed E-state index contributed by atoms with van der Waals surface area (Å²) in [6.07, 6.45) is 3.06. The number of aromatic nitrogens is 3. The number of nitrogens with one attached hydrogen (secondary N) is 1. The molecule has 7 nitrogen and oxygen atoms in total. The Morgan fingerprint density at radius 1 is 1.28 bits per heavy atom. The number of nitrogens with zero attached hydrogens (tertiary/aromatic N) is 4. The molecule has 3 heterocycles. The van der Waals surface area contributed by atoms with Crippen molar-refractivity contribution in [3.63, 3.8) is 0 Å². The Balaban J connectivity index is 0.00000225. The van der Waals surface area contributed by atoms with E-state index in [4.69, 9.17) is 4.74 Å². The summed E-state index contributed by atoms with van der Waals surface area (Å²) in [4.78, 5) is 14.2. The number of carbonyl (C=O) groups excluding carboxylic acids is 1. The number of carbonyl (C=O) groups is 1. The molecule has 1 saturated heterocycles. The summed E-state index contributed by atoms with van der Waals surface area (Å²) in [5.74, 6) is 2.62. The molecule has 2 aliphatic heterocycles. The second-order valence-electron chi connectivity index (χ2n) is 7.54. The maximum Gasteiger partial charge on any atom is 0.311 e. The molecular formula is C17H30ClN5O2. The summed E-state index contributed by atoms with van der Waals surface area (Å²) in [6.45, 7) is 9.78. The quantitative estimate of drug-likeness (QED) is 0.792. The maximum atomic E-state index is 11.8. The minimum Gasteiger partial charge on any atom is -0.469 e. The summed E-state index contributed by atoms with van der Waals surface area (Å²) < 4.78 is 7.20. The topological polar surface area (TPSA) is 72.3 Å². The third-order valence-corrected chi connectivity index (χ3v) is 5.40. The van der Waals surface area contributed by atoms with Gasteiger partial charge in [-0.15, -0.1) is 22.6 Å². The van der Waals surface area contributed by atoms with Crippen LogP contribution in [0.5, 0.6) is 0 Å². The van der Waals surface area contributed by atoms with Crippen LogP contribution < -0.4 is 5.32 Å². The highest BCUT2D eigenvalue weighted by molar-refractivity contribution is 5.85. The molecule has 0 atom stereocenters. The van der Waals surface area contributed by atoms with E-state index < -0.39 is 5.41 Å². The fraction of sp³-hybridized carbons (Fsp3) is 0.824. The van der Waals surface area contributed by atoms with Gasteiger partial charge in [-0.1, -0.05) is 0 Å². The van der Waals surface area contributed by atoms with E-state index >= 15 is 0 Å². The Hall–Kier alpha value is -1.18. The van der Waals surface area contributed by atoms with Gasteiger partial charge in [-0.3, -0.25) is 4.79 Å². The number of piperidine rings is 1. The molecule has 8 heteroatoms. The van der Waals surface area contributed by atoms with Crippen molar-refractivity contribution in [2.75, 3.05) is 33.3 Å². The lowest BCUT2D eigenvalue weighted by molar-refractivity contribution is -0.151. The number of halogens is 1. The average Bonchev–Trinajstić information content (AvgIpc) is 3.04. The first-order valence-electron chi connectivity index (χ1n) is 8.95. The molecule has 1 aromatic rings. The molecule has 0 saturated carbocycles. The van der Waals surface area contributed by atoms with Crippen LogP contribution in [0.4, 0.5) is 0 Å². The van der Waals surface area contributed by atoms with Gasteiger partial charge in [0.2, 0.25) is 0 Å². The van der Waals surface area contributed by atoms with Crippen LogP contribution in [0.3, 0.4) is 0 Å². The monoisotopic (exact) mass is 371 g/mol. The summed E-state index contributed by atoms with van der Waals surface area (Å²) in [6, 6.07) is 0. The first-order chi connectivity index (χ1) is 11.5. The minimum absolute atomic E-state index is 0. The highest BCUT2D eigenvalue weighted by Crippen LogP contribution is 2.29. The molecule has 0 amide bonds. The largest absolute Gasteiger partial charge is 0.469 e. The van der Waals surface area contributed by atoms with Crippen molar-refractivity contribution in [2.45, 2.75) is 52.1 Å². The predicted molar refractivity (Wildman–Crippen MR) is 97.8 cm³/mol. The van der Waals surface area contributed by atoms with Crippen molar-refractivity contribution in [2.24, 2.45) is 5.41 Å². The van der Waals surface area contributed by atoms with E-state index in [0.29, 0.717) is 5.92 Å². The third-order valence-electron chi connectivity index (χ3n) is 5.40. The van der Waals surface area contributed by atoms with Gasteiger partial charge < -0.3 is 19.5 Å². The molecule has 0 unspecified atom stereocenters. The second-order valence-corrected chi connectivity index (χ2v) is 7.54. The smallest absolute Gasteiger partial charge is 0.311 e. The van der Waals surface area contributed by atoms with Crippen molar-refractivity contribution < 1.29 is 9.53 Å². The lowest BCUT2D eigenvalue weighted by Crippen LogP contribution is -2.38. The molecule has 1 N–H and O–H groups in total. The Kier molecular flexibility index (Phi) is 6.82. The van der Waals surface area contributed by atoms with E-state index in [0.717, 1.165) is 64.4 Å². The van der Waals surface area contributed by atoms with Gasteiger partial charge in [0.05, 0.1) is 19.1 Å². The highest BCUT2D eigenvalue weighted by Gasteiger charge is 2.31. The lowest BCUT2D eigenvalue weighted by atomic mass is 9.88. The van der Waals surface area contributed by atoms with E-state index in [9.17, 15) is 4.79 Å². The SMILES string of the molecule is COC(=O)C(C)(C)CCN1CCC(c2nnc3n2CCNC3)CC1.Cl. The van der Waals surface area contributed by atoms with Crippen LogP contribution in [-0.4, -0.2) is 58.9 Å². The molecule has 0 radical (unpaired) electrons. The Morgan fingerprint density at radius 2 is 2.00 bits per heavy atom. The van der Waals surface area contributed by atoms with Crippen molar-refractivity contribution in [3.05, 3.63) is 11.6 Å². The molecule has 1 fully saturated rings. The molecule has 0 bridgehead atoms. The predicted octanol–water partition coefficient (Wildman–Crippen LogP) is 1.57. The summed E-state index contributed by atoms with van der Waals surface area (Å²) in [5.41, 5.74) is -0.412. The highest BCUT2D eigenvalue weighted by atomic mass is 35.5. The molecule has 3 rings (SSSR count). The van der Waals surface area contributed by atoms with Crippen molar-refractivity contribution in [1.29, 1.82) is 0 Å². The molecule has 1 aromatic heterocycles. The normalized spacial score (nSPS) is 19.2. The Morgan fingerprint density at radius 3 is 2.68 bits per heavy atom. The van der Waals surface area contributed by atoms with Crippen LogP contribution in [-0.2, 0) is 22.6 Å². The van der Waals surface area contributed by atoms with Crippen LogP contribution in [0.25, 0.3) is 0 Å². The third kappa shape index (κ3) is 4.51. The molecular weight excluding hydrogens is 342 g/mol.